The van der Waals surface area contributed by atoms with E-state index in [1.54, 1.807) is 13.0 Å². The Balaban J connectivity index is 2.49. The van der Waals surface area contributed by atoms with Gasteiger partial charge in [0.05, 0.1) is 6.10 Å². The zero-order valence-corrected chi connectivity index (χ0v) is 12.6. The summed E-state index contributed by atoms with van der Waals surface area (Å²) >= 11 is 0. The number of aliphatic hydroxyl groups excluding tert-OH is 1. The molecule has 3 heteroatoms. The summed E-state index contributed by atoms with van der Waals surface area (Å²) < 4.78 is 14.1. The van der Waals surface area contributed by atoms with Gasteiger partial charge in [0.25, 0.3) is 0 Å². The molecule has 1 N–H and O–H groups in total. The Hall–Kier alpha value is -1.87. The molecule has 2 aromatic carbocycles. The molecule has 0 heterocycles. The van der Waals surface area contributed by atoms with Gasteiger partial charge in [-0.3, -0.25) is 0 Å². The van der Waals surface area contributed by atoms with Crippen molar-refractivity contribution in [2.45, 2.75) is 32.8 Å². The minimum Gasteiger partial charge on any atom is -0.389 e. The van der Waals surface area contributed by atoms with Gasteiger partial charge in [-0.1, -0.05) is 37.6 Å². The van der Waals surface area contributed by atoms with Crippen molar-refractivity contribution in [1.29, 1.82) is 0 Å². The van der Waals surface area contributed by atoms with Gasteiger partial charge in [0.1, 0.15) is 5.82 Å². The summed E-state index contributed by atoms with van der Waals surface area (Å²) in [5.41, 5.74) is 2.11. The van der Waals surface area contributed by atoms with Crippen molar-refractivity contribution >= 4 is 11.4 Å². The zero-order chi connectivity index (χ0) is 15.2. The number of aliphatic hydroxyl groups is 1. The number of halogens is 1. The highest BCUT2D eigenvalue weighted by Gasteiger charge is 2.19. The fourth-order valence-electron chi connectivity index (χ4n) is 2.49. The molecule has 0 aliphatic heterocycles. The fraction of sp³-hybridized carbons (Fsp3) is 0.333. The normalized spacial score (nSPS) is 12.2. The molecule has 0 amide bonds. The summed E-state index contributed by atoms with van der Waals surface area (Å²) in [6.45, 7) is 4.53. The first-order valence-electron chi connectivity index (χ1n) is 7.44. The predicted octanol–water partition coefficient (Wildman–Crippen LogP) is 4.82. The van der Waals surface area contributed by atoms with Gasteiger partial charge in [-0.15, -0.1) is 0 Å². The van der Waals surface area contributed by atoms with E-state index >= 15 is 0 Å². The maximum absolute atomic E-state index is 14.1. The first-order valence-corrected chi connectivity index (χ1v) is 7.44. The van der Waals surface area contributed by atoms with Crippen molar-refractivity contribution in [2.75, 3.05) is 11.4 Å². The maximum atomic E-state index is 14.1. The minimum absolute atomic E-state index is 0.359. The third-order valence-electron chi connectivity index (χ3n) is 3.54. The Kier molecular flexibility index (Phi) is 5.34. The molecule has 2 nitrogen and oxygen atoms in total. The van der Waals surface area contributed by atoms with Crippen LogP contribution in [-0.4, -0.2) is 11.7 Å². The molecule has 1 atom stereocenters. The molecule has 2 aromatic rings. The minimum atomic E-state index is -0.839. The molecule has 0 aliphatic rings. The van der Waals surface area contributed by atoms with E-state index in [1.807, 2.05) is 36.4 Å². The van der Waals surface area contributed by atoms with Crippen LogP contribution in [0.2, 0.25) is 0 Å². The molecular formula is C18H22FNO. The fourth-order valence-corrected chi connectivity index (χ4v) is 2.49. The van der Waals surface area contributed by atoms with Crippen LogP contribution < -0.4 is 4.90 Å². The molecule has 21 heavy (non-hydrogen) atoms. The lowest BCUT2D eigenvalue weighted by molar-refractivity contribution is 0.194. The smallest absolute Gasteiger partial charge is 0.131 e. The van der Waals surface area contributed by atoms with Gasteiger partial charge in [0.2, 0.25) is 0 Å². The van der Waals surface area contributed by atoms with Crippen LogP contribution in [0.5, 0.6) is 0 Å². The highest BCUT2D eigenvalue weighted by molar-refractivity contribution is 5.67. The van der Waals surface area contributed by atoms with E-state index in [0.29, 0.717) is 5.56 Å². The average molecular weight is 287 g/mol. The standard InChI is InChI=1S/C18H22FNO/c1-3-4-13-20(15-9-6-5-7-10-15)17-12-8-11-16(19)18(17)14(2)21/h5-12,14,21H,3-4,13H2,1-2H3/t14-/m0/s1. The summed E-state index contributed by atoms with van der Waals surface area (Å²) in [6, 6.07) is 14.9. The summed E-state index contributed by atoms with van der Waals surface area (Å²) in [7, 11) is 0. The van der Waals surface area contributed by atoms with Gasteiger partial charge in [-0.25, -0.2) is 4.39 Å². The van der Waals surface area contributed by atoms with E-state index in [4.69, 9.17) is 0 Å². The Morgan fingerprint density at radius 1 is 1.10 bits per heavy atom. The molecule has 0 unspecified atom stereocenters. The van der Waals surface area contributed by atoms with Gasteiger partial charge in [0, 0.05) is 23.5 Å². The van der Waals surface area contributed by atoms with E-state index in [1.165, 1.54) is 6.07 Å². The molecule has 0 fully saturated rings. The van der Waals surface area contributed by atoms with Crippen LogP contribution in [0.1, 0.15) is 38.4 Å². The molecule has 0 saturated carbocycles. The van der Waals surface area contributed by atoms with Crippen LogP contribution in [0.25, 0.3) is 0 Å². The van der Waals surface area contributed by atoms with Crippen molar-refractivity contribution in [3.63, 3.8) is 0 Å². The molecule has 0 spiro atoms. The zero-order valence-electron chi connectivity index (χ0n) is 12.6. The highest BCUT2D eigenvalue weighted by Crippen LogP contribution is 2.33. The van der Waals surface area contributed by atoms with Crippen LogP contribution >= 0.6 is 0 Å². The largest absolute Gasteiger partial charge is 0.389 e. The highest BCUT2D eigenvalue weighted by atomic mass is 19.1. The first kappa shape index (κ1) is 15.5. The Morgan fingerprint density at radius 3 is 2.43 bits per heavy atom. The Bertz CT molecular complexity index is 569. The van der Waals surface area contributed by atoms with Crippen molar-refractivity contribution in [1.82, 2.24) is 0 Å². The number of rotatable bonds is 6. The molecule has 0 saturated heterocycles. The maximum Gasteiger partial charge on any atom is 0.131 e. The number of anilines is 2. The number of hydrogen-bond acceptors (Lipinski definition) is 2. The summed E-state index contributed by atoms with van der Waals surface area (Å²) in [5, 5.41) is 9.94. The van der Waals surface area contributed by atoms with Gasteiger partial charge < -0.3 is 10.0 Å². The molecule has 0 bridgehead atoms. The third-order valence-corrected chi connectivity index (χ3v) is 3.54. The SMILES string of the molecule is CCCCN(c1ccccc1)c1cccc(F)c1[C@H](C)O. The van der Waals surface area contributed by atoms with Gasteiger partial charge >= 0.3 is 0 Å². The summed E-state index contributed by atoms with van der Waals surface area (Å²) in [5.74, 6) is -0.361. The number of hydrogen-bond donors (Lipinski definition) is 1. The number of unbranched alkanes of at least 4 members (excludes halogenated alkanes) is 1. The van der Waals surface area contributed by atoms with Gasteiger partial charge in [0.15, 0.2) is 0 Å². The molecule has 0 radical (unpaired) electrons. The molecule has 0 aromatic heterocycles. The lowest BCUT2D eigenvalue weighted by Gasteiger charge is -2.28. The second-order valence-corrected chi connectivity index (χ2v) is 5.19. The van der Waals surface area contributed by atoms with Crippen molar-refractivity contribution in [2.24, 2.45) is 0 Å². The van der Waals surface area contributed by atoms with E-state index in [9.17, 15) is 9.50 Å². The summed E-state index contributed by atoms with van der Waals surface area (Å²) in [4.78, 5) is 2.08. The Labute approximate surface area is 125 Å². The second kappa shape index (κ2) is 7.23. The monoisotopic (exact) mass is 287 g/mol. The Morgan fingerprint density at radius 2 is 1.81 bits per heavy atom. The molecular weight excluding hydrogens is 265 g/mol. The second-order valence-electron chi connectivity index (χ2n) is 5.19. The lowest BCUT2D eigenvalue weighted by Crippen LogP contribution is -2.21. The van der Waals surface area contributed by atoms with Crippen LogP contribution in [0.15, 0.2) is 48.5 Å². The van der Waals surface area contributed by atoms with Crippen molar-refractivity contribution < 1.29 is 9.50 Å². The first-order chi connectivity index (χ1) is 10.1. The molecule has 112 valence electrons. The average Bonchev–Trinajstić information content (AvgIpc) is 2.48. The third kappa shape index (κ3) is 3.61. The van der Waals surface area contributed by atoms with Crippen LogP contribution in [-0.2, 0) is 0 Å². The molecule has 0 aliphatic carbocycles. The van der Waals surface area contributed by atoms with E-state index in [-0.39, 0.29) is 5.82 Å². The topological polar surface area (TPSA) is 23.5 Å². The number of para-hydroxylation sites is 1. The van der Waals surface area contributed by atoms with Gasteiger partial charge in [-0.05, 0) is 37.6 Å². The van der Waals surface area contributed by atoms with Crippen molar-refractivity contribution in [3.8, 4) is 0 Å². The van der Waals surface area contributed by atoms with Crippen LogP contribution in [0.4, 0.5) is 15.8 Å². The predicted molar refractivity (Wildman–Crippen MR) is 85.4 cm³/mol. The van der Waals surface area contributed by atoms with Gasteiger partial charge in [-0.2, -0.15) is 0 Å². The van der Waals surface area contributed by atoms with E-state index < -0.39 is 6.10 Å². The van der Waals surface area contributed by atoms with E-state index in [2.05, 4.69) is 11.8 Å². The lowest BCUT2D eigenvalue weighted by atomic mass is 10.1. The number of nitrogens with zero attached hydrogens (tertiary/aromatic N) is 1. The van der Waals surface area contributed by atoms with E-state index in [0.717, 1.165) is 30.8 Å². The quantitative estimate of drug-likeness (QED) is 0.823. The van der Waals surface area contributed by atoms with Crippen LogP contribution in [0, 0.1) is 5.82 Å². The molecule has 2 rings (SSSR count). The van der Waals surface area contributed by atoms with Crippen molar-refractivity contribution in [3.05, 3.63) is 59.9 Å². The summed E-state index contributed by atoms with van der Waals surface area (Å²) in [6.07, 6.45) is 1.22. The number of benzene rings is 2. The van der Waals surface area contributed by atoms with Crippen LogP contribution in [0.3, 0.4) is 0 Å².